The first kappa shape index (κ1) is 32.0. The van der Waals surface area contributed by atoms with Crippen LogP contribution in [0.3, 0.4) is 0 Å². The lowest BCUT2D eigenvalue weighted by atomic mass is 9.68. The highest BCUT2D eigenvalue weighted by atomic mass is 19.3. The Kier molecular flexibility index (Phi) is 9.90. The van der Waals surface area contributed by atoms with E-state index in [0.29, 0.717) is 41.2 Å². The molecule has 1 aromatic carbocycles. The van der Waals surface area contributed by atoms with E-state index in [2.05, 4.69) is 41.1 Å². The smallest absolute Gasteiger partial charge is 0.297 e. The number of benzene rings is 1. The summed E-state index contributed by atoms with van der Waals surface area (Å²) in [5.74, 6) is 2.90. The SMILES string of the molecule is C#CO.C#Cc1c[nH]c(=O)c([C@@]2(C)CCN(C(C)=O)CC2C)c1.FC(F)c1nc(N2CCCC2)c2oc3ccccc3c2n1. The van der Waals surface area contributed by atoms with Crippen LogP contribution in [0.25, 0.3) is 22.1 Å². The first-order valence-corrected chi connectivity index (χ1v) is 14.3. The van der Waals surface area contributed by atoms with Crippen LogP contribution in [-0.2, 0) is 10.2 Å². The third kappa shape index (κ3) is 6.52. The van der Waals surface area contributed by atoms with Crippen LogP contribution in [-0.4, -0.2) is 57.0 Å². The molecule has 4 aromatic rings. The third-order valence-electron chi connectivity index (χ3n) is 8.43. The third-order valence-corrected chi connectivity index (χ3v) is 8.43. The van der Waals surface area contributed by atoms with E-state index in [4.69, 9.17) is 15.9 Å². The number of rotatable bonds is 3. The number of para-hydroxylation sites is 1. The van der Waals surface area contributed by atoms with Gasteiger partial charge in [-0.2, -0.15) is 0 Å². The number of furan rings is 1. The molecule has 2 aliphatic heterocycles. The number of pyridine rings is 1. The van der Waals surface area contributed by atoms with Gasteiger partial charge in [0.15, 0.2) is 17.2 Å². The molecule has 44 heavy (non-hydrogen) atoms. The summed E-state index contributed by atoms with van der Waals surface area (Å²) >= 11 is 0. The second kappa shape index (κ2) is 13.6. The fraction of sp³-hybridized carbons (Fsp3) is 0.394. The molecule has 11 heteroatoms. The Morgan fingerprint density at radius 3 is 2.50 bits per heavy atom. The van der Waals surface area contributed by atoms with Crippen molar-refractivity contribution in [2.24, 2.45) is 5.92 Å². The van der Waals surface area contributed by atoms with E-state index < -0.39 is 12.2 Å². The number of anilines is 1. The summed E-state index contributed by atoms with van der Waals surface area (Å²) in [5.41, 5.74) is 2.68. The number of aliphatic hydroxyl groups excluding tert-OH is 1. The molecule has 0 spiro atoms. The largest absolute Gasteiger partial charge is 0.462 e. The second-order valence-corrected chi connectivity index (χ2v) is 11.1. The summed E-state index contributed by atoms with van der Waals surface area (Å²) in [6.45, 7) is 8.72. The lowest BCUT2D eigenvalue weighted by Crippen LogP contribution is -2.50. The number of hydrogen-bond acceptors (Lipinski definition) is 7. The number of carbonyl (C=O) groups excluding carboxylic acids is 1. The minimum absolute atomic E-state index is 0.0881. The number of terminal acetylenes is 2. The number of nitrogens with zero attached hydrogens (tertiary/aromatic N) is 4. The molecule has 1 amide bonds. The summed E-state index contributed by atoms with van der Waals surface area (Å²) in [6, 6.07) is 9.14. The number of H-pyrrole nitrogens is 1. The average Bonchev–Trinajstić information content (AvgIpc) is 3.67. The molecule has 5 heterocycles. The van der Waals surface area contributed by atoms with Crippen molar-refractivity contribution in [3.63, 3.8) is 0 Å². The van der Waals surface area contributed by atoms with Crippen molar-refractivity contribution in [3.8, 4) is 24.9 Å². The number of alkyl halides is 2. The van der Waals surface area contributed by atoms with Crippen molar-refractivity contribution < 1.29 is 23.1 Å². The van der Waals surface area contributed by atoms with Crippen molar-refractivity contribution in [1.29, 1.82) is 0 Å². The van der Waals surface area contributed by atoms with Crippen molar-refractivity contribution >= 4 is 33.8 Å². The molecular weight excluding hydrogens is 568 g/mol. The number of aromatic nitrogens is 3. The van der Waals surface area contributed by atoms with Gasteiger partial charge in [0.05, 0.1) is 0 Å². The minimum Gasteiger partial charge on any atom is -0.462 e. The average molecular weight is 604 g/mol. The van der Waals surface area contributed by atoms with Gasteiger partial charge in [-0.3, -0.25) is 9.59 Å². The maximum absolute atomic E-state index is 13.1. The van der Waals surface area contributed by atoms with Gasteiger partial charge in [0.25, 0.3) is 12.0 Å². The Hall–Kier alpha value is -4.90. The molecule has 2 aliphatic rings. The summed E-state index contributed by atoms with van der Waals surface area (Å²) in [5, 5.41) is 7.84. The molecule has 2 atom stereocenters. The van der Waals surface area contributed by atoms with Gasteiger partial charge in [0.2, 0.25) is 5.91 Å². The van der Waals surface area contributed by atoms with Gasteiger partial charge in [-0.25, -0.2) is 18.7 Å². The van der Waals surface area contributed by atoms with Crippen molar-refractivity contribution in [1.82, 2.24) is 19.9 Å². The van der Waals surface area contributed by atoms with E-state index in [-0.39, 0.29) is 22.8 Å². The molecule has 230 valence electrons. The first-order chi connectivity index (χ1) is 21.0. The van der Waals surface area contributed by atoms with E-state index in [9.17, 15) is 18.4 Å². The molecule has 0 aliphatic carbocycles. The van der Waals surface area contributed by atoms with Gasteiger partial charge in [0.1, 0.15) is 17.2 Å². The number of aliphatic hydroxyl groups is 1. The number of halogens is 2. The van der Waals surface area contributed by atoms with Gasteiger partial charge in [-0.1, -0.05) is 38.3 Å². The van der Waals surface area contributed by atoms with Crippen LogP contribution in [0.5, 0.6) is 0 Å². The van der Waals surface area contributed by atoms with E-state index in [1.165, 1.54) is 6.11 Å². The van der Waals surface area contributed by atoms with Crippen molar-refractivity contribution in [3.05, 3.63) is 63.8 Å². The highest BCUT2D eigenvalue weighted by Gasteiger charge is 2.40. The molecule has 9 nitrogen and oxygen atoms in total. The van der Waals surface area contributed by atoms with Crippen LogP contribution in [0.2, 0.25) is 0 Å². The first-order valence-electron chi connectivity index (χ1n) is 14.3. The Balaban J connectivity index is 0.000000185. The number of aromatic amines is 1. The fourth-order valence-corrected chi connectivity index (χ4v) is 5.75. The number of amides is 1. The van der Waals surface area contributed by atoms with Crippen LogP contribution in [0.4, 0.5) is 14.6 Å². The Labute approximate surface area is 254 Å². The number of fused-ring (bicyclic) bond motifs is 3. The van der Waals surface area contributed by atoms with Gasteiger partial charge in [-0.05, 0) is 43.4 Å². The summed E-state index contributed by atoms with van der Waals surface area (Å²) < 4.78 is 32.0. The Morgan fingerprint density at radius 1 is 1.20 bits per heavy atom. The van der Waals surface area contributed by atoms with E-state index in [0.717, 1.165) is 43.3 Å². The van der Waals surface area contributed by atoms with Crippen LogP contribution in [0.15, 0.2) is 45.7 Å². The maximum atomic E-state index is 13.1. The topological polar surface area (TPSA) is 116 Å². The standard InChI is InChI=1S/C16H20N2O2.C15H13F2N3O.C2H2O/c1-5-13-8-14(15(20)17-9-13)16(4)6-7-18(12(3)19)10-11(16)2;16-13(17)14-18-11-9-5-1-2-6-10(9)21-12(11)15(19-14)20-7-3-4-8-20;1-2-3/h1,8-9,11H,6-7,10H2,2-4H3,(H,17,20);1-2,5-6,13H,3-4,7-8H2;1,3H/t11?,16-;;/m0../s1. The molecule has 2 saturated heterocycles. The van der Waals surface area contributed by atoms with Crippen molar-refractivity contribution in [2.45, 2.75) is 51.9 Å². The highest BCUT2D eigenvalue weighted by molar-refractivity contribution is 6.05. The molecular formula is C33H35F2N5O4. The molecule has 6 rings (SSSR count). The summed E-state index contributed by atoms with van der Waals surface area (Å²) in [6.07, 6.45) is 12.5. The lowest BCUT2D eigenvalue weighted by molar-refractivity contribution is -0.131. The molecule has 1 unspecified atom stereocenters. The Morgan fingerprint density at radius 2 is 1.89 bits per heavy atom. The van der Waals surface area contributed by atoms with Crippen LogP contribution in [0, 0.1) is 30.8 Å². The molecule has 0 radical (unpaired) electrons. The molecule has 2 N–H and O–H groups in total. The molecule has 0 bridgehead atoms. The summed E-state index contributed by atoms with van der Waals surface area (Å²) in [4.78, 5) is 38.3. The van der Waals surface area contributed by atoms with Gasteiger partial charge >= 0.3 is 0 Å². The number of nitrogens with one attached hydrogen (secondary N) is 1. The van der Waals surface area contributed by atoms with E-state index >= 15 is 0 Å². The van der Waals surface area contributed by atoms with E-state index in [1.807, 2.05) is 34.1 Å². The number of hydrogen-bond donors (Lipinski definition) is 2. The monoisotopic (exact) mass is 603 g/mol. The highest BCUT2D eigenvalue weighted by Crippen LogP contribution is 2.38. The lowest BCUT2D eigenvalue weighted by Gasteiger charge is -2.44. The maximum Gasteiger partial charge on any atom is 0.297 e. The zero-order valence-electron chi connectivity index (χ0n) is 24.9. The van der Waals surface area contributed by atoms with Crippen LogP contribution < -0.4 is 10.5 Å². The zero-order chi connectivity index (χ0) is 32.0. The van der Waals surface area contributed by atoms with Crippen LogP contribution in [0.1, 0.15) is 63.4 Å². The quantitative estimate of drug-likeness (QED) is 0.303. The number of carbonyl (C=O) groups is 1. The van der Waals surface area contributed by atoms with Gasteiger partial charge in [0, 0.05) is 61.2 Å². The van der Waals surface area contributed by atoms with Crippen LogP contribution >= 0.6 is 0 Å². The molecule has 3 aromatic heterocycles. The second-order valence-electron chi connectivity index (χ2n) is 11.1. The number of piperidine rings is 1. The predicted molar refractivity (Wildman–Crippen MR) is 165 cm³/mol. The van der Waals surface area contributed by atoms with Gasteiger partial charge < -0.3 is 24.3 Å². The minimum atomic E-state index is -2.69. The zero-order valence-corrected chi connectivity index (χ0v) is 24.9. The van der Waals surface area contributed by atoms with E-state index in [1.54, 1.807) is 19.2 Å². The normalized spacial score (nSPS) is 19.5. The fourth-order valence-electron chi connectivity index (χ4n) is 5.75. The summed E-state index contributed by atoms with van der Waals surface area (Å²) in [7, 11) is 0. The Bertz CT molecular complexity index is 1780. The van der Waals surface area contributed by atoms with Gasteiger partial charge in [-0.15, -0.1) is 6.42 Å². The number of likely N-dealkylation sites (tertiary alicyclic amines) is 1. The molecule has 2 fully saturated rings. The predicted octanol–water partition coefficient (Wildman–Crippen LogP) is 5.37. The molecule has 0 saturated carbocycles. The van der Waals surface area contributed by atoms with Crippen molar-refractivity contribution in [2.75, 3.05) is 31.1 Å².